The Morgan fingerprint density at radius 3 is 2.20 bits per heavy atom. The molecule has 0 heterocycles. The second-order valence-electron chi connectivity index (χ2n) is 8.23. The molecule has 0 atom stereocenters. The van der Waals surface area contributed by atoms with Crippen molar-refractivity contribution in [1.82, 2.24) is 10.6 Å². The van der Waals surface area contributed by atoms with Gasteiger partial charge < -0.3 is 44.7 Å². The summed E-state index contributed by atoms with van der Waals surface area (Å²) in [6, 6.07) is 11.9. The lowest BCUT2D eigenvalue weighted by Crippen LogP contribution is -2.28. The summed E-state index contributed by atoms with van der Waals surface area (Å²) in [6.45, 7) is 4.33. The van der Waals surface area contributed by atoms with E-state index in [0.29, 0.717) is 57.3 Å². The van der Waals surface area contributed by atoms with Crippen LogP contribution in [0.25, 0.3) is 0 Å². The fraction of sp³-hybridized carbons (Fsp3) is 0.423. The Morgan fingerprint density at radius 2 is 1.50 bits per heavy atom. The number of carbonyl (C=O) groups excluding carboxylic acids is 3. The topological polar surface area (TPSA) is 182 Å². The van der Waals surface area contributed by atoms with Crippen LogP contribution in [-0.2, 0) is 28.4 Å². The summed E-state index contributed by atoms with van der Waals surface area (Å²) in [4.78, 5) is 54.8. The molecule has 220 valence electrons. The molecule has 0 bridgehead atoms. The van der Waals surface area contributed by atoms with Crippen molar-refractivity contribution in [3.8, 4) is 5.75 Å². The normalized spacial score (nSPS) is 11.1. The van der Waals surface area contributed by atoms with E-state index in [2.05, 4.69) is 16.0 Å². The predicted molar refractivity (Wildman–Crippen MR) is 147 cm³/mol. The molecule has 13 nitrogen and oxygen atoms in total. The maximum atomic E-state index is 12.4. The molecular formula is C26H36N3O10P. The van der Waals surface area contributed by atoms with Crippen LogP contribution in [0.2, 0.25) is 0 Å². The van der Waals surface area contributed by atoms with E-state index in [1.165, 1.54) is 30.3 Å². The highest BCUT2D eigenvalue weighted by Gasteiger charge is 2.22. The van der Waals surface area contributed by atoms with Gasteiger partial charge in [0.15, 0.2) is 6.61 Å². The summed E-state index contributed by atoms with van der Waals surface area (Å²) in [6.07, 6.45) is 0.315. The van der Waals surface area contributed by atoms with Crippen molar-refractivity contribution in [3.05, 3.63) is 54.1 Å². The Hall–Kier alpha value is -3.32. The van der Waals surface area contributed by atoms with Gasteiger partial charge in [0.1, 0.15) is 11.1 Å². The molecule has 0 aliphatic carbocycles. The van der Waals surface area contributed by atoms with Crippen LogP contribution in [-0.4, -0.2) is 86.8 Å². The van der Waals surface area contributed by atoms with Gasteiger partial charge in [-0.05, 0) is 37.3 Å². The Morgan fingerprint density at radius 1 is 0.825 bits per heavy atom. The zero-order valence-electron chi connectivity index (χ0n) is 22.3. The molecule has 0 aromatic heterocycles. The lowest BCUT2D eigenvalue weighted by atomic mass is 10.2. The van der Waals surface area contributed by atoms with Gasteiger partial charge in [0.05, 0.1) is 39.6 Å². The van der Waals surface area contributed by atoms with Crippen LogP contribution < -0.4 is 26.0 Å². The van der Waals surface area contributed by atoms with E-state index in [4.69, 9.17) is 18.9 Å². The lowest BCUT2D eigenvalue weighted by molar-refractivity contribution is -0.122. The van der Waals surface area contributed by atoms with Gasteiger partial charge in [-0.2, -0.15) is 0 Å². The Balaban J connectivity index is 1.60. The van der Waals surface area contributed by atoms with Crippen LogP contribution in [0.4, 0.5) is 5.69 Å². The Labute approximate surface area is 232 Å². The van der Waals surface area contributed by atoms with E-state index in [0.717, 1.165) is 0 Å². The minimum absolute atomic E-state index is 0.0453. The van der Waals surface area contributed by atoms with E-state index in [9.17, 15) is 28.7 Å². The zero-order chi connectivity index (χ0) is 29.2. The summed E-state index contributed by atoms with van der Waals surface area (Å²) in [7, 11) is -4.56. The zero-order valence-corrected chi connectivity index (χ0v) is 23.2. The van der Waals surface area contributed by atoms with Crippen LogP contribution in [0.5, 0.6) is 5.75 Å². The molecule has 3 amide bonds. The molecule has 2 aromatic carbocycles. The highest BCUT2D eigenvalue weighted by molar-refractivity contribution is 7.60. The van der Waals surface area contributed by atoms with Gasteiger partial charge in [0, 0.05) is 30.8 Å². The van der Waals surface area contributed by atoms with Gasteiger partial charge in [0.2, 0.25) is 5.91 Å². The van der Waals surface area contributed by atoms with Crippen LogP contribution >= 0.6 is 7.60 Å². The maximum Gasteiger partial charge on any atom is 0.359 e. The highest BCUT2D eigenvalue weighted by Crippen LogP contribution is 2.37. The molecular weight excluding hydrogens is 545 g/mol. The van der Waals surface area contributed by atoms with E-state index < -0.39 is 20.1 Å². The van der Waals surface area contributed by atoms with Crippen LogP contribution in [0.1, 0.15) is 23.7 Å². The number of nitrogens with one attached hydrogen (secondary N) is 3. The number of hydrogen-bond acceptors (Lipinski definition) is 8. The fourth-order valence-electron chi connectivity index (χ4n) is 3.23. The molecule has 40 heavy (non-hydrogen) atoms. The second-order valence-corrected chi connectivity index (χ2v) is 9.80. The maximum absolute atomic E-state index is 12.4. The average molecular weight is 582 g/mol. The number of hydrogen-bond donors (Lipinski definition) is 5. The van der Waals surface area contributed by atoms with Crippen molar-refractivity contribution in [1.29, 1.82) is 0 Å². The summed E-state index contributed by atoms with van der Waals surface area (Å²) in [5.41, 5.74) is 0.673. The van der Waals surface area contributed by atoms with E-state index in [1.54, 1.807) is 18.2 Å². The first-order valence-corrected chi connectivity index (χ1v) is 14.3. The summed E-state index contributed by atoms with van der Waals surface area (Å²) in [5, 5.41) is 7.68. The SMILES string of the molecule is CCNC(=O)CCOCCOCCOCCNC(=O)c1cccc(NC(=O)COc2ccccc2P(=O)(O)O)c1. The summed E-state index contributed by atoms with van der Waals surface area (Å²) in [5.74, 6) is -1.06. The van der Waals surface area contributed by atoms with Gasteiger partial charge in [0.25, 0.3) is 11.8 Å². The predicted octanol–water partition coefficient (Wildman–Crippen LogP) is 0.813. The molecule has 14 heteroatoms. The minimum Gasteiger partial charge on any atom is -0.483 e. The molecule has 0 saturated heterocycles. The fourth-order valence-corrected chi connectivity index (χ4v) is 3.94. The minimum atomic E-state index is -4.56. The standard InChI is InChI=1S/C26H36N3O10P/c1-2-27-24(30)10-12-36-14-16-38-17-15-37-13-11-28-26(32)20-6-5-7-21(18-20)29-25(31)19-39-22-8-3-4-9-23(22)40(33,34)35/h3-9,18H,2,10-17,19H2,1H3,(H,27,30)(H,28,32)(H,29,31)(H2,33,34,35). The van der Waals surface area contributed by atoms with Gasteiger partial charge in [-0.25, -0.2) is 0 Å². The van der Waals surface area contributed by atoms with Crippen molar-refractivity contribution in [3.63, 3.8) is 0 Å². The highest BCUT2D eigenvalue weighted by atomic mass is 31.2. The van der Waals surface area contributed by atoms with Crippen molar-refractivity contribution in [2.75, 3.05) is 64.7 Å². The third kappa shape index (κ3) is 13.2. The number of anilines is 1. The molecule has 0 saturated carbocycles. The van der Waals surface area contributed by atoms with Crippen molar-refractivity contribution in [2.45, 2.75) is 13.3 Å². The number of para-hydroxylation sites is 1. The van der Waals surface area contributed by atoms with Gasteiger partial charge in [-0.1, -0.05) is 18.2 Å². The van der Waals surface area contributed by atoms with Gasteiger partial charge in [-0.15, -0.1) is 0 Å². The van der Waals surface area contributed by atoms with Gasteiger partial charge in [-0.3, -0.25) is 18.9 Å². The smallest absolute Gasteiger partial charge is 0.359 e. The summed E-state index contributed by atoms with van der Waals surface area (Å²) < 4.78 is 33.0. The molecule has 0 spiro atoms. The first-order chi connectivity index (χ1) is 19.2. The van der Waals surface area contributed by atoms with E-state index >= 15 is 0 Å². The number of carbonyl (C=O) groups is 3. The average Bonchev–Trinajstić information content (AvgIpc) is 2.92. The lowest BCUT2D eigenvalue weighted by Gasteiger charge is -2.12. The van der Waals surface area contributed by atoms with Crippen molar-refractivity contribution in [2.24, 2.45) is 0 Å². The molecule has 0 fully saturated rings. The number of benzene rings is 2. The number of amides is 3. The molecule has 0 radical (unpaired) electrons. The van der Waals surface area contributed by atoms with Crippen molar-refractivity contribution >= 4 is 36.3 Å². The Kier molecular flexibility index (Phi) is 14.9. The summed E-state index contributed by atoms with van der Waals surface area (Å²) >= 11 is 0. The third-order valence-corrected chi connectivity index (χ3v) is 6.07. The Bertz CT molecular complexity index is 1140. The molecule has 2 rings (SSSR count). The van der Waals surface area contributed by atoms with Crippen LogP contribution in [0, 0.1) is 0 Å². The van der Waals surface area contributed by atoms with E-state index in [-0.39, 0.29) is 36.0 Å². The number of rotatable bonds is 19. The van der Waals surface area contributed by atoms with Gasteiger partial charge >= 0.3 is 7.60 Å². The second kappa shape index (κ2) is 18.1. The quantitative estimate of drug-likeness (QED) is 0.118. The first-order valence-electron chi connectivity index (χ1n) is 12.7. The monoisotopic (exact) mass is 581 g/mol. The molecule has 0 aliphatic heterocycles. The number of ether oxygens (including phenoxy) is 4. The molecule has 0 aliphatic rings. The third-order valence-electron chi connectivity index (χ3n) is 5.07. The van der Waals surface area contributed by atoms with Crippen LogP contribution in [0.15, 0.2) is 48.5 Å². The van der Waals surface area contributed by atoms with Crippen LogP contribution in [0.3, 0.4) is 0 Å². The van der Waals surface area contributed by atoms with Crippen molar-refractivity contribution < 1.29 is 47.7 Å². The molecule has 2 aromatic rings. The molecule has 5 N–H and O–H groups in total. The largest absolute Gasteiger partial charge is 0.483 e. The first kappa shape index (κ1) is 32.9. The van der Waals surface area contributed by atoms with E-state index in [1.807, 2.05) is 6.92 Å². The molecule has 0 unspecified atom stereocenters.